The zero-order valence-corrected chi connectivity index (χ0v) is 13.2. The van der Waals surface area contributed by atoms with Crippen LogP contribution in [0.3, 0.4) is 0 Å². The number of hydrogen-bond donors (Lipinski definition) is 4. The van der Waals surface area contributed by atoms with Crippen LogP contribution in [0.4, 0.5) is 10.5 Å². The zero-order valence-electron chi connectivity index (χ0n) is 11.6. The highest BCUT2D eigenvalue weighted by atomic mass is 79.9. The van der Waals surface area contributed by atoms with E-state index in [2.05, 4.69) is 31.9 Å². The second kappa shape index (κ2) is 7.63. The van der Waals surface area contributed by atoms with Crippen molar-refractivity contribution in [3.8, 4) is 0 Å². The van der Waals surface area contributed by atoms with Crippen molar-refractivity contribution in [2.24, 2.45) is 0 Å². The fourth-order valence-electron chi connectivity index (χ4n) is 1.63. The van der Waals surface area contributed by atoms with Gasteiger partial charge in [0.1, 0.15) is 6.54 Å². The monoisotopic (exact) mass is 357 g/mol. The van der Waals surface area contributed by atoms with E-state index in [9.17, 15) is 14.4 Å². The molecule has 4 N–H and O–H groups in total. The third-order valence-electron chi connectivity index (χ3n) is 2.52. The van der Waals surface area contributed by atoms with Gasteiger partial charge in [-0.2, -0.15) is 0 Å². The van der Waals surface area contributed by atoms with Crippen LogP contribution >= 0.6 is 15.9 Å². The summed E-state index contributed by atoms with van der Waals surface area (Å²) in [6.45, 7) is 3.01. The molecule has 0 radical (unpaired) electrons. The van der Waals surface area contributed by atoms with E-state index in [4.69, 9.17) is 5.11 Å². The highest BCUT2D eigenvalue weighted by Crippen LogP contribution is 2.27. The van der Waals surface area contributed by atoms with Crippen molar-refractivity contribution in [2.75, 3.05) is 18.4 Å². The van der Waals surface area contributed by atoms with Gasteiger partial charge in [-0.05, 0) is 47.0 Å². The van der Waals surface area contributed by atoms with Crippen molar-refractivity contribution in [3.63, 3.8) is 0 Å². The molecule has 0 aromatic heterocycles. The van der Waals surface area contributed by atoms with E-state index in [1.165, 1.54) is 0 Å². The molecule has 8 heteroatoms. The lowest BCUT2D eigenvalue weighted by atomic mass is 10.1. The first-order chi connectivity index (χ1) is 9.79. The Bertz CT molecular complexity index is 552. The molecule has 1 rings (SSSR count). The number of hydrogen-bond acceptors (Lipinski definition) is 3. The number of aryl methyl sites for hydroxylation is 2. The van der Waals surface area contributed by atoms with Crippen molar-refractivity contribution in [1.82, 2.24) is 10.6 Å². The predicted molar refractivity (Wildman–Crippen MR) is 81.3 cm³/mol. The van der Waals surface area contributed by atoms with Crippen LogP contribution in [0, 0.1) is 13.8 Å². The molecular weight excluding hydrogens is 342 g/mol. The number of aliphatic carboxylic acids is 1. The van der Waals surface area contributed by atoms with Gasteiger partial charge in [0.2, 0.25) is 5.91 Å². The van der Waals surface area contributed by atoms with Crippen LogP contribution in [0.5, 0.6) is 0 Å². The summed E-state index contributed by atoms with van der Waals surface area (Å²) < 4.78 is 0.741. The van der Waals surface area contributed by atoms with Crippen LogP contribution in [0.2, 0.25) is 0 Å². The van der Waals surface area contributed by atoms with Crippen LogP contribution in [0.1, 0.15) is 11.1 Å². The fraction of sp³-hybridized carbons (Fsp3) is 0.308. The Morgan fingerprint density at radius 2 is 1.81 bits per heavy atom. The first-order valence-electron chi connectivity index (χ1n) is 6.09. The largest absolute Gasteiger partial charge is 0.480 e. The summed E-state index contributed by atoms with van der Waals surface area (Å²) in [4.78, 5) is 33.2. The van der Waals surface area contributed by atoms with Gasteiger partial charge in [-0.3, -0.25) is 9.59 Å². The number of nitrogens with one attached hydrogen (secondary N) is 3. The molecule has 0 aliphatic carbocycles. The van der Waals surface area contributed by atoms with Gasteiger partial charge in [-0.15, -0.1) is 0 Å². The number of urea groups is 1. The fourth-order valence-corrected chi connectivity index (χ4v) is 2.40. The third kappa shape index (κ3) is 5.82. The molecule has 0 spiro atoms. The standard InChI is InChI=1S/C13H16BrN3O4/c1-7-3-8(2)12(9(14)4-7)17-13(21)16-5-10(18)15-6-11(19)20/h3-4H,5-6H2,1-2H3,(H,15,18)(H,19,20)(H2,16,17,21). The predicted octanol–water partition coefficient (Wildman–Crippen LogP) is 1.39. The average Bonchev–Trinajstić information content (AvgIpc) is 2.38. The van der Waals surface area contributed by atoms with Crippen LogP contribution in [0.25, 0.3) is 0 Å². The molecule has 0 unspecified atom stereocenters. The Labute approximate surface area is 130 Å². The summed E-state index contributed by atoms with van der Waals surface area (Å²) in [6.07, 6.45) is 0. The summed E-state index contributed by atoms with van der Waals surface area (Å²) in [6, 6.07) is 3.23. The topological polar surface area (TPSA) is 108 Å². The van der Waals surface area contributed by atoms with Crippen LogP contribution in [0.15, 0.2) is 16.6 Å². The first-order valence-corrected chi connectivity index (χ1v) is 6.89. The molecule has 0 heterocycles. The molecule has 1 aromatic carbocycles. The number of carbonyl (C=O) groups is 3. The molecule has 0 saturated heterocycles. The molecule has 1 aromatic rings. The summed E-state index contributed by atoms with van der Waals surface area (Å²) in [5, 5.41) is 15.5. The van der Waals surface area contributed by atoms with Gasteiger partial charge in [0.05, 0.1) is 12.2 Å². The van der Waals surface area contributed by atoms with Crippen molar-refractivity contribution < 1.29 is 19.5 Å². The van der Waals surface area contributed by atoms with Gasteiger partial charge in [0.15, 0.2) is 0 Å². The Morgan fingerprint density at radius 1 is 1.14 bits per heavy atom. The summed E-state index contributed by atoms with van der Waals surface area (Å²) in [7, 11) is 0. The van der Waals surface area contributed by atoms with E-state index in [0.717, 1.165) is 15.6 Å². The number of rotatable bonds is 5. The van der Waals surface area contributed by atoms with E-state index >= 15 is 0 Å². The Morgan fingerprint density at radius 3 is 2.38 bits per heavy atom. The lowest BCUT2D eigenvalue weighted by Gasteiger charge is -2.12. The van der Waals surface area contributed by atoms with Crippen molar-refractivity contribution >= 4 is 39.5 Å². The molecule has 0 atom stereocenters. The van der Waals surface area contributed by atoms with Crippen LogP contribution in [-0.4, -0.2) is 36.1 Å². The quantitative estimate of drug-likeness (QED) is 0.638. The van der Waals surface area contributed by atoms with E-state index in [1.54, 1.807) is 0 Å². The number of carboxylic acid groups (broad SMARTS) is 1. The van der Waals surface area contributed by atoms with Gasteiger partial charge in [-0.25, -0.2) is 4.79 Å². The average molecular weight is 358 g/mol. The van der Waals surface area contributed by atoms with Gasteiger partial charge in [0.25, 0.3) is 0 Å². The SMILES string of the molecule is Cc1cc(C)c(NC(=O)NCC(=O)NCC(=O)O)c(Br)c1. The van der Waals surface area contributed by atoms with Gasteiger partial charge < -0.3 is 21.1 Å². The minimum absolute atomic E-state index is 0.304. The van der Waals surface area contributed by atoms with E-state index < -0.39 is 24.5 Å². The lowest BCUT2D eigenvalue weighted by Crippen LogP contribution is -2.40. The summed E-state index contributed by atoms with van der Waals surface area (Å²) in [5.74, 6) is -1.72. The Kier molecular flexibility index (Phi) is 6.16. The molecule has 0 bridgehead atoms. The van der Waals surface area contributed by atoms with Gasteiger partial charge in [-0.1, -0.05) is 6.07 Å². The summed E-state index contributed by atoms with van der Waals surface area (Å²) in [5.41, 5.74) is 2.55. The lowest BCUT2D eigenvalue weighted by molar-refractivity contribution is -0.137. The molecule has 0 aliphatic rings. The first kappa shape index (κ1) is 17.0. The smallest absolute Gasteiger partial charge is 0.322 e. The maximum Gasteiger partial charge on any atom is 0.322 e. The number of halogens is 1. The number of anilines is 1. The second-order valence-electron chi connectivity index (χ2n) is 4.42. The Balaban J connectivity index is 2.51. The molecule has 0 saturated carbocycles. The minimum Gasteiger partial charge on any atom is -0.480 e. The van der Waals surface area contributed by atoms with Crippen molar-refractivity contribution in [3.05, 3.63) is 27.7 Å². The second-order valence-corrected chi connectivity index (χ2v) is 5.27. The van der Waals surface area contributed by atoms with E-state index in [1.807, 2.05) is 26.0 Å². The van der Waals surface area contributed by atoms with Gasteiger partial charge in [0, 0.05) is 4.47 Å². The zero-order chi connectivity index (χ0) is 16.0. The maximum absolute atomic E-state index is 11.7. The maximum atomic E-state index is 11.7. The van der Waals surface area contributed by atoms with Crippen molar-refractivity contribution in [2.45, 2.75) is 13.8 Å². The highest BCUT2D eigenvalue weighted by molar-refractivity contribution is 9.10. The van der Waals surface area contributed by atoms with E-state index in [-0.39, 0.29) is 6.54 Å². The number of amides is 3. The normalized spacial score (nSPS) is 9.86. The number of benzene rings is 1. The molecular formula is C13H16BrN3O4. The molecule has 114 valence electrons. The van der Waals surface area contributed by atoms with Crippen LogP contribution in [-0.2, 0) is 9.59 Å². The molecule has 0 aliphatic heterocycles. The van der Waals surface area contributed by atoms with Gasteiger partial charge >= 0.3 is 12.0 Å². The molecule has 21 heavy (non-hydrogen) atoms. The van der Waals surface area contributed by atoms with E-state index in [0.29, 0.717) is 5.69 Å². The molecule has 3 amide bonds. The summed E-state index contributed by atoms with van der Waals surface area (Å²) >= 11 is 3.36. The Hall–Kier alpha value is -2.09. The third-order valence-corrected chi connectivity index (χ3v) is 3.14. The number of carboxylic acids is 1. The van der Waals surface area contributed by atoms with Crippen molar-refractivity contribution in [1.29, 1.82) is 0 Å². The highest BCUT2D eigenvalue weighted by Gasteiger charge is 2.10. The van der Waals surface area contributed by atoms with Crippen LogP contribution < -0.4 is 16.0 Å². The number of carbonyl (C=O) groups excluding carboxylic acids is 2. The minimum atomic E-state index is -1.15. The molecule has 7 nitrogen and oxygen atoms in total. The molecule has 0 fully saturated rings.